The summed E-state index contributed by atoms with van der Waals surface area (Å²) < 4.78 is 2.38. The Morgan fingerprint density at radius 3 is 2.22 bits per heavy atom. The molecule has 3 rings (SSSR count). The number of rotatable bonds is 4. The zero-order chi connectivity index (χ0) is 16.4. The Morgan fingerprint density at radius 2 is 1.52 bits per heavy atom. The fourth-order valence-corrected chi connectivity index (χ4v) is 3.31. The molecule has 120 valence electrons. The summed E-state index contributed by atoms with van der Waals surface area (Å²) in [6.07, 6.45) is 4.44. The monoisotopic (exact) mass is 307 g/mol. The van der Waals surface area contributed by atoms with Crippen molar-refractivity contribution >= 4 is 17.7 Å². The molecule has 23 heavy (non-hydrogen) atoms. The third-order valence-electron chi connectivity index (χ3n) is 4.58. The summed E-state index contributed by atoms with van der Waals surface area (Å²) in [6, 6.07) is 13.8. The van der Waals surface area contributed by atoms with Crippen molar-refractivity contribution < 1.29 is 4.58 Å². The van der Waals surface area contributed by atoms with Crippen molar-refractivity contribution in [2.75, 3.05) is 18.0 Å². The molecule has 2 nitrogen and oxygen atoms in total. The van der Waals surface area contributed by atoms with Gasteiger partial charge in [-0.2, -0.15) is 0 Å². The van der Waals surface area contributed by atoms with Gasteiger partial charge in [-0.25, -0.2) is 9.48 Å². The first-order valence-electron chi connectivity index (χ1n) is 8.68. The molecule has 0 aromatic heterocycles. The average molecular weight is 307 g/mol. The molecule has 0 fully saturated rings. The molecule has 0 saturated carbocycles. The zero-order valence-corrected chi connectivity index (χ0v) is 14.8. The SMILES string of the molecule is CCc1cc(C)cc(N2C=[N+](c3cc(C)cc(CC)c3)CC2)c1. The Balaban J connectivity index is 1.92. The summed E-state index contributed by atoms with van der Waals surface area (Å²) in [7, 11) is 0. The second-order valence-electron chi connectivity index (χ2n) is 6.56. The third-order valence-corrected chi connectivity index (χ3v) is 4.58. The lowest BCUT2D eigenvalue weighted by atomic mass is 10.1. The second kappa shape index (κ2) is 6.57. The molecule has 0 aliphatic carbocycles. The molecule has 0 spiro atoms. The van der Waals surface area contributed by atoms with Gasteiger partial charge in [-0.15, -0.1) is 0 Å². The van der Waals surface area contributed by atoms with E-state index in [1.165, 1.54) is 33.6 Å². The molecular formula is C21H27N2+. The predicted octanol–water partition coefficient (Wildman–Crippen LogP) is 4.62. The second-order valence-corrected chi connectivity index (χ2v) is 6.56. The molecule has 0 radical (unpaired) electrons. The number of aryl methyl sites for hydroxylation is 4. The predicted molar refractivity (Wildman–Crippen MR) is 99.3 cm³/mol. The fourth-order valence-electron chi connectivity index (χ4n) is 3.31. The first-order chi connectivity index (χ1) is 11.1. The van der Waals surface area contributed by atoms with Gasteiger partial charge in [-0.05, 0) is 73.2 Å². The van der Waals surface area contributed by atoms with E-state index in [-0.39, 0.29) is 0 Å². The van der Waals surface area contributed by atoms with Crippen molar-refractivity contribution in [1.29, 1.82) is 0 Å². The van der Waals surface area contributed by atoms with Crippen LogP contribution in [0.1, 0.15) is 36.1 Å². The van der Waals surface area contributed by atoms with Gasteiger partial charge in [0.05, 0.1) is 0 Å². The Morgan fingerprint density at radius 1 is 0.870 bits per heavy atom. The van der Waals surface area contributed by atoms with Crippen molar-refractivity contribution in [3.05, 3.63) is 58.7 Å². The maximum Gasteiger partial charge on any atom is 0.244 e. The van der Waals surface area contributed by atoms with Crippen molar-refractivity contribution in [1.82, 2.24) is 0 Å². The fraction of sp³-hybridized carbons (Fsp3) is 0.381. The van der Waals surface area contributed by atoms with Crippen molar-refractivity contribution in [2.24, 2.45) is 0 Å². The molecule has 0 saturated heterocycles. The van der Waals surface area contributed by atoms with E-state index in [0.29, 0.717) is 0 Å². The van der Waals surface area contributed by atoms with Gasteiger partial charge in [-0.3, -0.25) is 0 Å². The van der Waals surface area contributed by atoms with Gasteiger partial charge in [0.15, 0.2) is 0 Å². The van der Waals surface area contributed by atoms with Gasteiger partial charge in [-0.1, -0.05) is 26.0 Å². The average Bonchev–Trinajstić information content (AvgIpc) is 3.03. The Kier molecular flexibility index (Phi) is 4.51. The van der Waals surface area contributed by atoms with Crippen LogP contribution in [0.2, 0.25) is 0 Å². The molecule has 0 amide bonds. The summed E-state index contributed by atoms with van der Waals surface area (Å²) in [4.78, 5) is 2.38. The lowest BCUT2D eigenvalue weighted by molar-refractivity contribution is -0.424. The van der Waals surface area contributed by atoms with E-state index in [0.717, 1.165) is 25.9 Å². The topological polar surface area (TPSA) is 6.25 Å². The smallest absolute Gasteiger partial charge is 0.230 e. The van der Waals surface area contributed by atoms with Crippen LogP contribution in [0.3, 0.4) is 0 Å². The van der Waals surface area contributed by atoms with E-state index in [1.807, 2.05) is 0 Å². The third kappa shape index (κ3) is 3.47. The largest absolute Gasteiger partial charge is 0.244 e. The van der Waals surface area contributed by atoms with Crippen LogP contribution in [0, 0.1) is 13.8 Å². The molecule has 1 aliphatic rings. The van der Waals surface area contributed by atoms with Gasteiger partial charge in [0.25, 0.3) is 0 Å². The normalized spacial score (nSPS) is 14.3. The van der Waals surface area contributed by atoms with Gasteiger partial charge in [0.2, 0.25) is 6.34 Å². The van der Waals surface area contributed by atoms with E-state index in [2.05, 4.69) is 79.9 Å². The molecule has 1 heterocycles. The first-order valence-corrected chi connectivity index (χ1v) is 8.68. The molecule has 1 aliphatic heterocycles. The van der Waals surface area contributed by atoms with E-state index in [9.17, 15) is 0 Å². The molecular weight excluding hydrogens is 280 g/mol. The van der Waals surface area contributed by atoms with Gasteiger partial charge >= 0.3 is 0 Å². The standard InChI is InChI=1S/C21H27N2/c1-5-18-9-16(3)11-20(13-18)22-7-8-23(15-22)21-12-17(4)10-19(6-2)14-21/h9-15H,5-8H2,1-4H3/q+1. The minimum Gasteiger partial charge on any atom is -0.230 e. The van der Waals surface area contributed by atoms with Crippen LogP contribution in [0.25, 0.3) is 0 Å². The van der Waals surface area contributed by atoms with Crippen LogP contribution in [0.5, 0.6) is 0 Å². The van der Waals surface area contributed by atoms with Gasteiger partial charge < -0.3 is 0 Å². The van der Waals surface area contributed by atoms with Crippen LogP contribution in [0.4, 0.5) is 11.4 Å². The highest BCUT2D eigenvalue weighted by Gasteiger charge is 2.23. The maximum absolute atomic E-state index is 2.38. The summed E-state index contributed by atoms with van der Waals surface area (Å²) in [5, 5.41) is 0. The van der Waals surface area contributed by atoms with Gasteiger partial charge in [0.1, 0.15) is 24.5 Å². The van der Waals surface area contributed by atoms with E-state index in [4.69, 9.17) is 0 Å². The quantitative estimate of drug-likeness (QED) is 0.747. The number of nitrogens with zero attached hydrogens (tertiary/aromatic N) is 2. The minimum absolute atomic E-state index is 1.04. The number of benzene rings is 2. The lowest BCUT2D eigenvalue weighted by Gasteiger charge is -2.09. The highest BCUT2D eigenvalue weighted by Crippen LogP contribution is 2.23. The van der Waals surface area contributed by atoms with Crippen LogP contribution in [-0.4, -0.2) is 24.0 Å². The Labute approximate surface area is 140 Å². The Bertz CT molecular complexity index is 744. The first kappa shape index (κ1) is 15.8. The van der Waals surface area contributed by atoms with Crippen molar-refractivity contribution in [3.63, 3.8) is 0 Å². The van der Waals surface area contributed by atoms with E-state index in [1.54, 1.807) is 0 Å². The van der Waals surface area contributed by atoms with Gasteiger partial charge in [0, 0.05) is 0 Å². The van der Waals surface area contributed by atoms with Crippen molar-refractivity contribution in [3.8, 4) is 0 Å². The molecule has 2 aromatic carbocycles. The van der Waals surface area contributed by atoms with Crippen LogP contribution >= 0.6 is 0 Å². The summed E-state index contributed by atoms with van der Waals surface area (Å²) in [6.45, 7) is 10.9. The lowest BCUT2D eigenvalue weighted by Crippen LogP contribution is -2.18. The highest BCUT2D eigenvalue weighted by molar-refractivity contribution is 5.78. The van der Waals surface area contributed by atoms with Crippen LogP contribution in [0.15, 0.2) is 36.4 Å². The summed E-state index contributed by atoms with van der Waals surface area (Å²) in [5.74, 6) is 0. The number of hydrogen-bond acceptors (Lipinski definition) is 1. The number of anilines is 1. The summed E-state index contributed by atoms with van der Waals surface area (Å²) >= 11 is 0. The molecule has 0 N–H and O–H groups in total. The van der Waals surface area contributed by atoms with Crippen molar-refractivity contribution in [2.45, 2.75) is 40.5 Å². The highest BCUT2D eigenvalue weighted by atomic mass is 15.3. The molecule has 0 bridgehead atoms. The summed E-state index contributed by atoms with van der Waals surface area (Å²) in [5.41, 5.74) is 8.14. The molecule has 0 unspecified atom stereocenters. The minimum atomic E-state index is 1.04. The molecule has 2 aromatic rings. The van der Waals surface area contributed by atoms with E-state index < -0.39 is 0 Å². The zero-order valence-electron chi connectivity index (χ0n) is 14.8. The molecule has 2 heteroatoms. The van der Waals surface area contributed by atoms with E-state index >= 15 is 0 Å². The molecule has 0 atom stereocenters. The van der Waals surface area contributed by atoms with Crippen LogP contribution < -0.4 is 4.90 Å². The Hall–Kier alpha value is -2.09. The number of hydrogen-bond donors (Lipinski definition) is 0. The van der Waals surface area contributed by atoms with Crippen LogP contribution in [-0.2, 0) is 12.8 Å². The maximum atomic E-state index is 2.38.